The second kappa shape index (κ2) is 7.64. The van der Waals surface area contributed by atoms with Gasteiger partial charge in [0.05, 0.1) is 7.11 Å². The zero-order chi connectivity index (χ0) is 14.4. The maximum absolute atomic E-state index is 5.64. The number of hydrogen-bond acceptors (Lipinski definition) is 5. The molecule has 1 unspecified atom stereocenters. The summed E-state index contributed by atoms with van der Waals surface area (Å²) in [5, 5.41) is 3.48. The van der Waals surface area contributed by atoms with Crippen LogP contribution in [0.5, 0.6) is 17.2 Å². The van der Waals surface area contributed by atoms with E-state index in [1.165, 1.54) is 5.75 Å². The molecule has 1 aliphatic heterocycles. The summed E-state index contributed by atoms with van der Waals surface area (Å²) < 4.78 is 16.6. The van der Waals surface area contributed by atoms with Crippen LogP contribution < -0.4 is 19.5 Å². The smallest absolute Gasteiger partial charge is 0.203 e. The molecule has 112 valence electrons. The van der Waals surface area contributed by atoms with Crippen molar-refractivity contribution in [3.63, 3.8) is 0 Å². The van der Waals surface area contributed by atoms with Gasteiger partial charge in [0.1, 0.15) is 13.2 Å². The van der Waals surface area contributed by atoms with E-state index in [0.29, 0.717) is 19.1 Å². The second-order valence-electron chi connectivity index (χ2n) is 5.01. The predicted molar refractivity (Wildman–Crippen MR) is 83.2 cm³/mol. The van der Waals surface area contributed by atoms with Crippen LogP contribution in [0.2, 0.25) is 0 Å². The quantitative estimate of drug-likeness (QED) is 0.837. The monoisotopic (exact) mass is 297 g/mol. The molecule has 0 radical (unpaired) electrons. The molecule has 0 aliphatic carbocycles. The Labute approximate surface area is 125 Å². The van der Waals surface area contributed by atoms with E-state index in [9.17, 15) is 0 Å². The molecular weight excluding hydrogens is 274 g/mol. The lowest BCUT2D eigenvalue weighted by molar-refractivity contribution is 0.165. The van der Waals surface area contributed by atoms with Crippen LogP contribution in [-0.4, -0.2) is 38.9 Å². The molecule has 5 heteroatoms. The molecule has 2 rings (SSSR count). The first-order valence-corrected chi connectivity index (χ1v) is 8.30. The summed E-state index contributed by atoms with van der Waals surface area (Å²) >= 11 is 1.88. The van der Waals surface area contributed by atoms with Gasteiger partial charge in [-0.25, -0.2) is 0 Å². The van der Waals surface area contributed by atoms with E-state index in [2.05, 4.69) is 18.5 Å². The summed E-state index contributed by atoms with van der Waals surface area (Å²) in [6.07, 6.45) is 2.14. The average molecular weight is 297 g/mol. The van der Waals surface area contributed by atoms with Crippen LogP contribution in [0.3, 0.4) is 0 Å². The van der Waals surface area contributed by atoms with Crippen LogP contribution in [0.1, 0.15) is 12.5 Å². The number of ether oxygens (including phenoxy) is 3. The fourth-order valence-electron chi connectivity index (χ4n) is 2.24. The molecule has 1 N–H and O–H groups in total. The Morgan fingerprint density at radius 1 is 1.35 bits per heavy atom. The number of thioether (sulfide) groups is 1. The van der Waals surface area contributed by atoms with Crippen molar-refractivity contribution in [1.29, 1.82) is 0 Å². The molecule has 4 nitrogen and oxygen atoms in total. The SMILES string of the molecule is COc1cc(CNCC(C)CSC)cc2c1OCCO2. The molecule has 1 atom stereocenters. The lowest BCUT2D eigenvalue weighted by atomic mass is 10.1. The van der Waals surface area contributed by atoms with Crippen molar-refractivity contribution < 1.29 is 14.2 Å². The molecule has 0 amide bonds. The minimum absolute atomic E-state index is 0.577. The largest absolute Gasteiger partial charge is 0.493 e. The highest BCUT2D eigenvalue weighted by molar-refractivity contribution is 7.98. The van der Waals surface area contributed by atoms with E-state index in [1.807, 2.05) is 23.9 Å². The fourth-order valence-corrected chi connectivity index (χ4v) is 2.92. The summed E-state index contributed by atoms with van der Waals surface area (Å²) in [4.78, 5) is 0. The van der Waals surface area contributed by atoms with Crippen LogP contribution in [0, 0.1) is 5.92 Å². The standard InChI is InChI=1S/C15H23NO3S/c1-11(10-20-3)8-16-9-12-6-13(17-2)15-14(7-12)18-4-5-19-15/h6-7,11,16H,4-5,8-10H2,1-3H3. The van der Waals surface area contributed by atoms with E-state index in [4.69, 9.17) is 14.2 Å². The Hall–Kier alpha value is -1.07. The van der Waals surface area contributed by atoms with Crippen LogP contribution in [0.4, 0.5) is 0 Å². The Kier molecular flexibility index (Phi) is 5.86. The molecule has 0 saturated carbocycles. The number of benzene rings is 1. The van der Waals surface area contributed by atoms with Gasteiger partial charge in [0.2, 0.25) is 5.75 Å². The molecule has 1 heterocycles. The molecule has 1 aromatic carbocycles. The Balaban J connectivity index is 1.98. The molecule has 0 saturated heterocycles. The number of rotatable bonds is 7. The molecule has 1 aliphatic rings. The van der Waals surface area contributed by atoms with E-state index in [1.54, 1.807) is 7.11 Å². The van der Waals surface area contributed by atoms with Crippen molar-refractivity contribution in [2.75, 3.05) is 38.9 Å². The van der Waals surface area contributed by atoms with E-state index in [-0.39, 0.29) is 0 Å². The molecule has 0 bridgehead atoms. The fraction of sp³-hybridized carbons (Fsp3) is 0.600. The summed E-state index contributed by atoms with van der Waals surface area (Å²) in [5.41, 5.74) is 1.16. The van der Waals surface area contributed by atoms with Gasteiger partial charge in [-0.1, -0.05) is 6.92 Å². The normalized spacial score (nSPS) is 14.9. The third-order valence-electron chi connectivity index (χ3n) is 3.16. The third kappa shape index (κ3) is 3.96. The average Bonchev–Trinajstić information content (AvgIpc) is 2.46. The highest BCUT2D eigenvalue weighted by Gasteiger charge is 2.18. The second-order valence-corrected chi connectivity index (χ2v) is 5.92. The van der Waals surface area contributed by atoms with Crippen molar-refractivity contribution >= 4 is 11.8 Å². The first-order valence-electron chi connectivity index (χ1n) is 6.90. The molecule has 0 fully saturated rings. The molecular formula is C15H23NO3S. The van der Waals surface area contributed by atoms with Crippen LogP contribution in [0.15, 0.2) is 12.1 Å². The summed E-state index contributed by atoms with van der Waals surface area (Å²) in [6.45, 7) is 5.25. The first kappa shape index (κ1) is 15.3. The Bertz CT molecular complexity index is 422. The highest BCUT2D eigenvalue weighted by Crippen LogP contribution is 2.40. The van der Waals surface area contributed by atoms with Gasteiger partial charge in [-0.15, -0.1) is 0 Å². The minimum Gasteiger partial charge on any atom is -0.493 e. The summed E-state index contributed by atoms with van der Waals surface area (Å²) in [5.74, 6) is 4.10. The zero-order valence-corrected chi connectivity index (χ0v) is 13.2. The number of nitrogens with one attached hydrogen (secondary N) is 1. The summed E-state index contributed by atoms with van der Waals surface area (Å²) in [6, 6.07) is 4.04. The zero-order valence-electron chi connectivity index (χ0n) is 12.4. The third-order valence-corrected chi connectivity index (χ3v) is 4.06. The Morgan fingerprint density at radius 3 is 2.90 bits per heavy atom. The maximum atomic E-state index is 5.64. The van der Waals surface area contributed by atoms with Crippen molar-refractivity contribution in [2.24, 2.45) is 5.92 Å². The lowest BCUT2D eigenvalue weighted by Gasteiger charge is -2.21. The van der Waals surface area contributed by atoms with Crippen molar-refractivity contribution in [1.82, 2.24) is 5.32 Å². The van der Waals surface area contributed by atoms with Crippen LogP contribution >= 0.6 is 11.8 Å². The van der Waals surface area contributed by atoms with Crippen molar-refractivity contribution in [3.8, 4) is 17.2 Å². The summed E-state index contributed by atoms with van der Waals surface area (Å²) in [7, 11) is 1.66. The van der Waals surface area contributed by atoms with E-state index in [0.717, 1.165) is 35.9 Å². The number of hydrogen-bond donors (Lipinski definition) is 1. The van der Waals surface area contributed by atoms with Gasteiger partial charge in [-0.3, -0.25) is 0 Å². The van der Waals surface area contributed by atoms with Gasteiger partial charge in [-0.05, 0) is 42.2 Å². The molecule has 1 aromatic rings. The van der Waals surface area contributed by atoms with Gasteiger partial charge in [0, 0.05) is 6.54 Å². The Morgan fingerprint density at radius 2 is 2.15 bits per heavy atom. The number of methoxy groups -OCH3 is 1. The lowest BCUT2D eigenvalue weighted by Crippen LogP contribution is -2.22. The van der Waals surface area contributed by atoms with Gasteiger partial charge >= 0.3 is 0 Å². The van der Waals surface area contributed by atoms with Gasteiger partial charge in [-0.2, -0.15) is 11.8 Å². The van der Waals surface area contributed by atoms with Crippen LogP contribution in [-0.2, 0) is 6.54 Å². The molecule has 0 spiro atoms. The van der Waals surface area contributed by atoms with E-state index < -0.39 is 0 Å². The molecule has 20 heavy (non-hydrogen) atoms. The maximum Gasteiger partial charge on any atom is 0.203 e. The van der Waals surface area contributed by atoms with Gasteiger partial charge in [0.25, 0.3) is 0 Å². The minimum atomic E-state index is 0.577. The van der Waals surface area contributed by atoms with Gasteiger partial charge in [0.15, 0.2) is 11.5 Å². The van der Waals surface area contributed by atoms with Gasteiger partial charge < -0.3 is 19.5 Å². The topological polar surface area (TPSA) is 39.7 Å². The highest BCUT2D eigenvalue weighted by atomic mass is 32.2. The first-order chi connectivity index (χ1) is 9.74. The van der Waals surface area contributed by atoms with Crippen molar-refractivity contribution in [3.05, 3.63) is 17.7 Å². The van der Waals surface area contributed by atoms with E-state index >= 15 is 0 Å². The van der Waals surface area contributed by atoms with Crippen LogP contribution in [0.25, 0.3) is 0 Å². The van der Waals surface area contributed by atoms with Crippen molar-refractivity contribution in [2.45, 2.75) is 13.5 Å². The predicted octanol–water partition coefficient (Wildman–Crippen LogP) is 2.56. The number of fused-ring (bicyclic) bond motifs is 1. The molecule has 0 aromatic heterocycles.